The van der Waals surface area contributed by atoms with Crippen molar-refractivity contribution in [2.45, 2.75) is 77.8 Å². The van der Waals surface area contributed by atoms with Crippen molar-refractivity contribution in [1.29, 1.82) is 0 Å². The molecule has 5 nitrogen and oxygen atoms in total. The fourth-order valence-corrected chi connectivity index (χ4v) is 18.4. The van der Waals surface area contributed by atoms with Crippen molar-refractivity contribution < 1.29 is 23.8 Å². The third kappa shape index (κ3) is 6.93. The number of carbonyl (C=O) groups excluding carboxylic acids is 2. The number of hydrogen-bond acceptors (Lipinski definition) is 7. The summed E-state index contributed by atoms with van der Waals surface area (Å²) in [5.41, 5.74) is 1.32. The van der Waals surface area contributed by atoms with Gasteiger partial charge in [-0.3, -0.25) is 4.79 Å². The monoisotopic (exact) mass is 528 g/mol. The second-order valence-corrected chi connectivity index (χ2v) is 19.9. The van der Waals surface area contributed by atoms with Gasteiger partial charge in [0.05, 0.1) is 0 Å². The third-order valence-corrected chi connectivity index (χ3v) is 19.5. The summed E-state index contributed by atoms with van der Waals surface area (Å²) in [6.07, 6.45) is 2.12. The molecule has 0 saturated carbocycles. The summed E-state index contributed by atoms with van der Waals surface area (Å²) in [6.45, 7) is 6.87. The van der Waals surface area contributed by atoms with Crippen LogP contribution in [0.2, 0.25) is 0 Å². The first kappa shape index (κ1) is 25.0. The summed E-state index contributed by atoms with van der Waals surface area (Å²) in [4.78, 5) is 23.5. The van der Waals surface area contributed by atoms with Crippen LogP contribution in [0.3, 0.4) is 0 Å². The van der Waals surface area contributed by atoms with Crippen LogP contribution >= 0.6 is 20.0 Å². The van der Waals surface area contributed by atoms with Crippen molar-refractivity contribution in [3.8, 4) is 0 Å². The Morgan fingerprint density at radius 1 is 1.03 bits per heavy atom. The number of benzene rings is 1. The van der Waals surface area contributed by atoms with E-state index in [-0.39, 0.29) is 30.1 Å². The van der Waals surface area contributed by atoms with Gasteiger partial charge in [0.15, 0.2) is 0 Å². The predicted molar refractivity (Wildman–Crippen MR) is 129 cm³/mol. The first-order valence-electron chi connectivity index (χ1n) is 11.0. The Morgan fingerprint density at radius 3 is 2.23 bits per heavy atom. The van der Waals surface area contributed by atoms with E-state index >= 15 is 0 Å². The summed E-state index contributed by atoms with van der Waals surface area (Å²) in [7, 11) is 4.33. The Labute approximate surface area is 197 Å². The van der Waals surface area contributed by atoms with E-state index in [1.807, 2.05) is 6.92 Å². The summed E-state index contributed by atoms with van der Waals surface area (Å²) in [5, 5.41) is 0. The Bertz CT molecular complexity index is 738. The molecule has 31 heavy (non-hydrogen) atoms. The fraction of sp³-hybridized carbons (Fsp3) is 0.652. The van der Waals surface area contributed by atoms with Gasteiger partial charge in [0.1, 0.15) is 0 Å². The van der Waals surface area contributed by atoms with E-state index < -0.39 is 24.5 Å². The van der Waals surface area contributed by atoms with Crippen molar-refractivity contribution in [1.82, 2.24) is 0 Å². The Balaban J connectivity index is 1.62. The molecule has 0 amide bonds. The predicted octanol–water partition coefficient (Wildman–Crippen LogP) is 3.86. The van der Waals surface area contributed by atoms with E-state index in [2.05, 4.69) is 51.2 Å². The molecule has 2 aliphatic rings. The first-order chi connectivity index (χ1) is 14.9. The van der Waals surface area contributed by atoms with Gasteiger partial charge < -0.3 is 0 Å². The van der Waals surface area contributed by atoms with Crippen LogP contribution in [-0.4, -0.2) is 60.2 Å². The SMILES string of the molecule is CC[C@H]1O[C@H](CCCc2ccc([As]3SCCS3)cc2)[C@H](OC(C)=O)[C@@H](OC(C)=O)[C@@H]1C. The molecule has 172 valence electrons. The van der Waals surface area contributed by atoms with Gasteiger partial charge in [-0.1, -0.05) is 0 Å². The molecule has 2 fully saturated rings. The second-order valence-electron chi connectivity index (χ2n) is 8.11. The molecule has 0 unspecified atom stereocenters. The summed E-state index contributed by atoms with van der Waals surface area (Å²) < 4.78 is 19.1. The molecule has 0 aromatic heterocycles. The Kier molecular flexibility index (Phi) is 9.69. The van der Waals surface area contributed by atoms with Gasteiger partial charge in [0, 0.05) is 6.92 Å². The van der Waals surface area contributed by atoms with Gasteiger partial charge in [-0.05, 0) is 0 Å². The molecule has 0 radical (unpaired) electrons. The molecule has 0 bridgehead atoms. The van der Waals surface area contributed by atoms with E-state index in [0.717, 1.165) is 25.7 Å². The van der Waals surface area contributed by atoms with Crippen LogP contribution in [0.5, 0.6) is 0 Å². The summed E-state index contributed by atoms with van der Waals surface area (Å²) in [5.74, 6) is 1.83. The van der Waals surface area contributed by atoms with Gasteiger partial charge in [0.2, 0.25) is 0 Å². The van der Waals surface area contributed by atoms with Gasteiger partial charge in [0.25, 0.3) is 0 Å². The number of aryl methyl sites for hydroxylation is 1. The molecule has 5 atom stereocenters. The average molecular weight is 529 g/mol. The Hall–Kier alpha value is -0.622. The molecule has 1 aromatic rings. The molecule has 0 aliphatic carbocycles. The standard InChI is InChI=1S/C23H33AsO5S2/c1-5-20-15(2)22(27-16(3)25)23(28-17(4)26)21(29-20)8-6-7-18-9-11-19(12-10-18)24-30-13-14-31-24/h9-12,15,20-23H,5-8,13-14H2,1-4H3/t15-,20-,21-,22+,23+/m1/s1. The number of rotatable bonds is 8. The molecule has 2 saturated heterocycles. The van der Waals surface area contributed by atoms with Crippen LogP contribution in [0.15, 0.2) is 24.3 Å². The topological polar surface area (TPSA) is 61.8 Å². The molecule has 0 spiro atoms. The average Bonchev–Trinajstić information content (AvgIpc) is 3.27. The van der Waals surface area contributed by atoms with Crippen molar-refractivity contribution in [2.75, 3.05) is 11.5 Å². The van der Waals surface area contributed by atoms with Gasteiger partial charge in [-0.15, -0.1) is 0 Å². The molecule has 8 heteroatoms. The minimum atomic E-state index is -0.917. The van der Waals surface area contributed by atoms with Crippen LogP contribution in [0.4, 0.5) is 0 Å². The zero-order chi connectivity index (χ0) is 22.4. The zero-order valence-corrected chi connectivity index (χ0v) is 22.3. The summed E-state index contributed by atoms with van der Waals surface area (Å²) >= 11 is -0.917. The number of esters is 2. The Morgan fingerprint density at radius 2 is 1.65 bits per heavy atom. The van der Waals surface area contributed by atoms with Gasteiger partial charge >= 0.3 is 186 Å². The number of ether oxygens (including phenoxy) is 3. The minimum absolute atomic E-state index is 0.0212. The zero-order valence-electron chi connectivity index (χ0n) is 18.7. The normalized spacial score (nSPS) is 29.0. The first-order valence-corrected chi connectivity index (χ1v) is 18.5. The second kappa shape index (κ2) is 12.0. The maximum absolute atomic E-state index is 11.8. The van der Waals surface area contributed by atoms with E-state index in [1.54, 1.807) is 4.35 Å². The quantitative estimate of drug-likeness (QED) is 0.375. The van der Waals surface area contributed by atoms with Gasteiger partial charge in [-0.25, -0.2) is 0 Å². The third-order valence-electron chi connectivity index (χ3n) is 5.75. The van der Waals surface area contributed by atoms with E-state index in [1.165, 1.54) is 30.9 Å². The molecule has 0 N–H and O–H groups in total. The van der Waals surface area contributed by atoms with E-state index in [9.17, 15) is 9.59 Å². The van der Waals surface area contributed by atoms with Crippen molar-refractivity contribution in [2.24, 2.45) is 5.92 Å². The van der Waals surface area contributed by atoms with E-state index in [0.29, 0.717) is 0 Å². The summed E-state index contributed by atoms with van der Waals surface area (Å²) in [6, 6.07) is 9.14. The van der Waals surface area contributed by atoms with E-state index in [4.69, 9.17) is 14.2 Å². The molecule has 2 heterocycles. The van der Waals surface area contributed by atoms with Crippen LogP contribution in [-0.2, 0) is 30.2 Å². The van der Waals surface area contributed by atoms with Crippen molar-refractivity contribution >= 4 is 48.7 Å². The van der Waals surface area contributed by atoms with Gasteiger partial charge in [-0.2, -0.15) is 0 Å². The number of hydrogen-bond donors (Lipinski definition) is 0. The van der Waals surface area contributed by atoms with Crippen LogP contribution < -0.4 is 4.35 Å². The van der Waals surface area contributed by atoms with Crippen molar-refractivity contribution in [3.05, 3.63) is 29.8 Å². The van der Waals surface area contributed by atoms with Crippen LogP contribution in [0.1, 0.15) is 52.5 Å². The molecule has 3 rings (SSSR count). The molecular formula is C23H33AsO5S2. The van der Waals surface area contributed by atoms with Crippen molar-refractivity contribution in [3.63, 3.8) is 0 Å². The maximum atomic E-state index is 11.8. The molecular weight excluding hydrogens is 495 g/mol. The fourth-order valence-electron chi connectivity index (χ4n) is 4.27. The molecule has 1 aromatic carbocycles. The van der Waals surface area contributed by atoms with Crippen LogP contribution in [0.25, 0.3) is 0 Å². The number of carbonyl (C=O) groups is 2. The van der Waals surface area contributed by atoms with Crippen LogP contribution in [0, 0.1) is 5.92 Å². The molecule has 2 aliphatic heterocycles.